The molecule has 0 bridgehead atoms. The third-order valence-electron chi connectivity index (χ3n) is 3.99. The van der Waals surface area contributed by atoms with Crippen LogP contribution in [0.15, 0.2) is 28.8 Å². The number of amides is 1. The van der Waals surface area contributed by atoms with Crippen molar-refractivity contribution in [1.29, 1.82) is 0 Å². The van der Waals surface area contributed by atoms with Gasteiger partial charge in [-0.05, 0) is 37.5 Å². The summed E-state index contributed by atoms with van der Waals surface area (Å²) in [5.41, 5.74) is 6.13. The maximum atomic E-state index is 13.3. The maximum absolute atomic E-state index is 13.3. The van der Waals surface area contributed by atoms with Gasteiger partial charge in [0.25, 0.3) is 0 Å². The van der Waals surface area contributed by atoms with E-state index in [0.717, 1.165) is 19.3 Å². The van der Waals surface area contributed by atoms with Gasteiger partial charge >= 0.3 is 11.8 Å². The van der Waals surface area contributed by atoms with E-state index in [0.29, 0.717) is 5.69 Å². The zero-order chi connectivity index (χ0) is 18.8. The molecule has 2 heterocycles. The van der Waals surface area contributed by atoms with Gasteiger partial charge in [-0.1, -0.05) is 11.2 Å². The molecule has 0 atom stereocenters. The Morgan fingerprint density at radius 3 is 2.78 bits per heavy atom. The van der Waals surface area contributed by atoms with Crippen LogP contribution < -0.4 is 16.4 Å². The van der Waals surface area contributed by atoms with Crippen LogP contribution in [0.2, 0.25) is 0 Å². The molecule has 2 aromatic heterocycles. The molecule has 0 saturated heterocycles. The average molecular weight is 370 g/mol. The number of benzene rings is 1. The monoisotopic (exact) mass is 370 g/mol. The van der Waals surface area contributed by atoms with Crippen LogP contribution in [-0.4, -0.2) is 37.0 Å². The molecule has 1 amide bonds. The van der Waals surface area contributed by atoms with Gasteiger partial charge in [0.05, 0.1) is 0 Å². The summed E-state index contributed by atoms with van der Waals surface area (Å²) in [5, 5.41) is 9.34. The fraction of sp³-hybridized carbons (Fsp3) is 0.250. The SMILES string of the molecule is Nc1nc(Nc2cccc(F)c2)nc(-c2noc(C(=O)NC3CCC3)n2)n1. The lowest BCUT2D eigenvalue weighted by atomic mass is 9.93. The molecule has 1 saturated carbocycles. The second-order valence-corrected chi connectivity index (χ2v) is 6.00. The van der Waals surface area contributed by atoms with Gasteiger partial charge in [-0.15, -0.1) is 0 Å². The number of nitrogen functional groups attached to an aromatic ring is 1. The zero-order valence-electron chi connectivity index (χ0n) is 14.0. The number of hydrogen-bond donors (Lipinski definition) is 3. The third-order valence-corrected chi connectivity index (χ3v) is 3.99. The Hall–Kier alpha value is -3.63. The summed E-state index contributed by atoms with van der Waals surface area (Å²) in [5.74, 6) is -1.05. The molecule has 0 unspecified atom stereocenters. The van der Waals surface area contributed by atoms with Gasteiger partial charge in [-0.2, -0.15) is 19.9 Å². The van der Waals surface area contributed by atoms with E-state index in [1.165, 1.54) is 18.2 Å². The van der Waals surface area contributed by atoms with E-state index in [-0.39, 0.29) is 35.5 Å². The predicted molar refractivity (Wildman–Crippen MR) is 92.3 cm³/mol. The lowest BCUT2D eigenvalue weighted by Crippen LogP contribution is -2.39. The van der Waals surface area contributed by atoms with E-state index >= 15 is 0 Å². The summed E-state index contributed by atoms with van der Waals surface area (Å²) in [7, 11) is 0. The Balaban J connectivity index is 1.55. The number of hydrogen-bond acceptors (Lipinski definition) is 9. The van der Waals surface area contributed by atoms with Crippen molar-refractivity contribution >= 4 is 23.5 Å². The van der Waals surface area contributed by atoms with Crippen molar-refractivity contribution in [2.45, 2.75) is 25.3 Å². The summed E-state index contributed by atoms with van der Waals surface area (Å²) in [4.78, 5) is 28.1. The van der Waals surface area contributed by atoms with Crippen LogP contribution in [0.5, 0.6) is 0 Å². The highest BCUT2D eigenvalue weighted by molar-refractivity contribution is 5.90. The molecule has 1 aliphatic carbocycles. The number of nitrogens with one attached hydrogen (secondary N) is 2. The van der Waals surface area contributed by atoms with Crippen LogP contribution in [0.3, 0.4) is 0 Å². The van der Waals surface area contributed by atoms with Crippen molar-refractivity contribution in [3.63, 3.8) is 0 Å². The molecule has 4 rings (SSSR count). The lowest BCUT2D eigenvalue weighted by molar-refractivity contribution is 0.0872. The average Bonchev–Trinajstić information content (AvgIpc) is 3.08. The Kier molecular flexibility index (Phi) is 4.32. The standard InChI is InChI=1S/C16H15FN8O2/c17-8-3-1-6-10(7-8)20-16-23-11(22-15(18)24-16)12-21-14(27-25-12)13(26)19-9-4-2-5-9/h1,3,6-7,9H,2,4-5H2,(H,19,26)(H3,18,20,22,23,24). The molecule has 3 aromatic rings. The topological polar surface area (TPSA) is 145 Å². The number of anilines is 3. The Morgan fingerprint density at radius 1 is 1.19 bits per heavy atom. The number of carbonyl (C=O) groups excluding carboxylic acids is 1. The fourth-order valence-electron chi connectivity index (χ4n) is 2.45. The molecule has 27 heavy (non-hydrogen) atoms. The van der Waals surface area contributed by atoms with Crippen molar-refractivity contribution in [2.75, 3.05) is 11.1 Å². The molecule has 0 aliphatic heterocycles. The largest absolute Gasteiger partial charge is 0.368 e. The molecule has 1 aliphatic rings. The molecule has 1 fully saturated rings. The highest BCUT2D eigenvalue weighted by Gasteiger charge is 2.24. The molecular formula is C16H15FN8O2. The number of nitrogens with zero attached hydrogens (tertiary/aromatic N) is 5. The Labute approximate surface area is 152 Å². The van der Waals surface area contributed by atoms with Gasteiger partial charge in [0.1, 0.15) is 5.82 Å². The highest BCUT2D eigenvalue weighted by Crippen LogP contribution is 2.20. The van der Waals surface area contributed by atoms with Crippen LogP contribution in [0.4, 0.5) is 22.0 Å². The molecule has 0 spiro atoms. The minimum atomic E-state index is -0.446. The molecule has 10 nitrogen and oxygen atoms in total. The summed E-state index contributed by atoms with van der Waals surface area (Å²) in [6, 6.07) is 5.91. The number of aromatic nitrogens is 5. The first kappa shape index (κ1) is 16.8. The van der Waals surface area contributed by atoms with Gasteiger partial charge in [0.2, 0.25) is 23.5 Å². The Bertz CT molecular complexity index is 988. The second kappa shape index (κ2) is 6.94. The first-order valence-corrected chi connectivity index (χ1v) is 8.26. The van der Waals surface area contributed by atoms with E-state index < -0.39 is 11.7 Å². The minimum absolute atomic E-state index is 0.00912. The van der Waals surface area contributed by atoms with Gasteiger partial charge in [0, 0.05) is 11.7 Å². The van der Waals surface area contributed by atoms with Gasteiger partial charge in [-0.3, -0.25) is 4.79 Å². The number of nitrogens with two attached hydrogens (primary N) is 1. The molecule has 4 N–H and O–H groups in total. The number of halogens is 1. The van der Waals surface area contributed by atoms with Gasteiger partial charge < -0.3 is 20.9 Å². The summed E-state index contributed by atoms with van der Waals surface area (Å²) >= 11 is 0. The van der Waals surface area contributed by atoms with Crippen molar-refractivity contribution in [1.82, 2.24) is 30.4 Å². The normalized spacial score (nSPS) is 13.8. The first-order chi connectivity index (χ1) is 13.1. The number of rotatable bonds is 5. The van der Waals surface area contributed by atoms with E-state index in [1.807, 2.05) is 0 Å². The minimum Gasteiger partial charge on any atom is -0.368 e. The fourth-order valence-corrected chi connectivity index (χ4v) is 2.45. The molecule has 0 radical (unpaired) electrons. The summed E-state index contributed by atoms with van der Waals surface area (Å²) in [6.45, 7) is 0. The summed E-state index contributed by atoms with van der Waals surface area (Å²) in [6.07, 6.45) is 2.96. The highest BCUT2D eigenvalue weighted by atomic mass is 19.1. The Morgan fingerprint density at radius 2 is 2.04 bits per heavy atom. The quantitative estimate of drug-likeness (QED) is 0.610. The van der Waals surface area contributed by atoms with E-state index in [9.17, 15) is 9.18 Å². The lowest BCUT2D eigenvalue weighted by Gasteiger charge is -2.25. The molecule has 138 valence electrons. The molecule has 1 aromatic carbocycles. The molecular weight excluding hydrogens is 355 g/mol. The smallest absolute Gasteiger partial charge is 0.316 e. The van der Waals surface area contributed by atoms with Crippen molar-refractivity contribution in [3.05, 3.63) is 36.0 Å². The van der Waals surface area contributed by atoms with Crippen molar-refractivity contribution in [3.8, 4) is 11.6 Å². The summed E-state index contributed by atoms with van der Waals surface area (Å²) < 4.78 is 18.3. The van der Waals surface area contributed by atoms with E-state index in [2.05, 4.69) is 35.7 Å². The van der Waals surface area contributed by atoms with Crippen LogP contribution in [0.1, 0.15) is 29.9 Å². The van der Waals surface area contributed by atoms with Crippen LogP contribution in [-0.2, 0) is 0 Å². The van der Waals surface area contributed by atoms with Gasteiger partial charge in [-0.25, -0.2) is 4.39 Å². The third kappa shape index (κ3) is 3.81. The maximum Gasteiger partial charge on any atom is 0.316 e. The van der Waals surface area contributed by atoms with E-state index in [1.54, 1.807) is 6.07 Å². The molecule has 11 heteroatoms. The zero-order valence-corrected chi connectivity index (χ0v) is 14.0. The second-order valence-electron chi connectivity index (χ2n) is 6.00. The number of carbonyl (C=O) groups is 1. The van der Waals surface area contributed by atoms with Crippen LogP contribution in [0, 0.1) is 5.82 Å². The van der Waals surface area contributed by atoms with Crippen molar-refractivity contribution < 1.29 is 13.7 Å². The predicted octanol–water partition coefficient (Wildman–Crippen LogP) is 1.67. The first-order valence-electron chi connectivity index (χ1n) is 8.26. The van der Waals surface area contributed by atoms with Crippen molar-refractivity contribution in [2.24, 2.45) is 0 Å². The van der Waals surface area contributed by atoms with Crippen LogP contribution in [0.25, 0.3) is 11.6 Å². The van der Waals surface area contributed by atoms with Gasteiger partial charge in [0.15, 0.2) is 0 Å². The van der Waals surface area contributed by atoms with Crippen LogP contribution >= 0.6 is 0 Å². The van der Waals surface area contributed by atoms with E-state index in [4.69, 9.17) is 10.3 Å².